The maximum Gasteiger partial charge on any atom is 0.254 e. The predicted molar refractivity (Wildman–Crippen MR) is 68.2 cm³/mol. The van der Waals surface area contributed by atoms with Gasteiger partial charge < -0.3 is 18.9 Å². The summed E-state index contributed by atoms with van der Waals surface area (Å²) in [5, 5.41) is 0. The lowest BCUT2D eigenvalue weighted by molar-refractivity contribution is 0.0302. The Hall–Kier alpha value is -1.24. The average Bonchev–Trinajstić information content (AvgIpc) is 2.46. The molecule has 0 radical (unpaired) electrons. The van der Waals surface area contributed by atoms with E-state index in [9.17, 15) is 4.79 Å². The minimum absolute atomic E-state index is 0.0451. The zero-order chi connectivity index (χ0) is 13.0. The molecule has 1 saturated heterocycles. The SMILES string of the molecule is COc1ccc(C(=O)N2CCOCC2)cc1SO. The summed E-state index contributed by atoms with van der Waals surface area (Å²) in [5.74, 6) is 0.511. The second-order valence-electron chi connectivity index (χ2n) is 3.86. The highest BCUT2D eigenvalue weighted by molar-refractivity contribution is 7.93. The molecule has 1 aromatic rings. The second-order valence-corrected chi connectivity index (χ2v) is 4.48. The lowest BCUT2D eigenvalue weighted by atomic mass is 10.2. The van der Waals surface area contributed by atoms with Crippen molar-refractivity contribution in [2.75, 3.05) is 33.4 Å². The first-order valence-corrected chi connectivity index (χ1v) is 6.40. The molecule has 18 heavy (non-hydrogen) atoms. The number of ether oxygens (including phenoxy) is 2. The van der Waals surface area contributed by atoms with Crippen LogP contribution < -0.4 is 4.74 Å². The van der Waals surface area contributed by atoms with Crippen LogP contribution in [0.4, 0.5) is 0 Å². The summed E-state index contributed by atoms with van der Waals surface area (Å²) < 4.78 is 19.5. The van der Waals surface area contributed by atoms with E-state index in [0.29, 0.717) is 54.6 Å². The Morgan fingerprint density at radius 2 is 2.17 bits per heavy atom. The maximum atomic E-state index is 12.2. The van der Waals surface area contributed by atoms with Crippen LogP contribution in [0.3, 0.4) is 0 Å². The van der Waals surface area contributed by atoms with Crippen molar-refractivity contribution in [1.82, 2.24) is 4.90 Å². The van der Waals surface area contributed by atoms with Crippen LogP contribution >= 0.6 is 12.0 Å². The number of benzene rings is 1. The Balaban J connectivity index is 2.19. The molecular weight excluding hydrogens is 254 g/mol. The molecule has 6 heteroatoms. The van der Waals surface area contributed by atoms with Gasteiger partial charge in [0.1, 0.15) is 5.75 Å². The van der Waals surface area contributed by atoms with E-state index in [1.54, 1.807) is 23.1 Å². The van der Waals surface area contributed by atoms with Crippen LogP contribution in [-0.2, 0) is 4.74 Å². The smallest absolute Gasteiger partial charge is 0.254 e. The molecule has 0 bridgehead atoms. The summed E-state index contributed by atoms with van der Waals surface area (Å²) in [6.45, 7) is 2.35. The summed E-state index contributed by atoms with van der Waals surface area (Å²) in [6.07, 6.45) is 0. The topological polar surface area (TPSA) is 59.0 Å². The third-order valence-corrected chi connectivity index (χ3v) is 3.32. The molecule has 1 fully saturated rings. The van der Waals surface area contributed by atoms with Gasteiger partial charge in [0, 0.05) is 30.7 Å². The van der Waals surface area contributed by atoms with Gasteiger partial charge in [-0.15, -0.1) is 0 Å². The molecule has 5 nitrogen and oxygen atoms in total. The van der Waals surface area contributed by atoms with Gasteiger partial charge in [0.05, 0.1) is 25.2 Å². The third-order valence-electron chi connectivity index (χ3n) is 2.81. The first-order valence-electron chi connectivity index (χ1n) is 5.62. The Morgan fingerprint density at radius 3 is 2.78 bits per heavy atom. The number of amides is 1. The number of carbonyl (C=O) groups is 1. The molecule has 1 amide bonds. The first-order chi connectivity index (χ1) is 8.76. The van der Waals surface area contributed by atoms with Crippen LogP contribution in [-0.4, -0.2) is 48.8 Å². The van der Waals surface area contributed by atoms with Crippen LogP contribution in [0, 0.1) is 0 Å². The highest BCUT2D eigenvalue weighted by Crippen LogP contribution is 2.28. The van der Waals surface area contributed by atoms with E-state index in [0.717, 1.165) is 0 Å². The van der Waals surface area contributed by atoms with Gasteiger partial charge in [-0.1, -0.05) is 0 Å². The van der Waals surface area contributed by atoms with E-state index in [2.05, 4.69) is 0 Å². The van der Waals surface area contributed by atoms with Crippen molar-refractivity contribution >= 4 is 17.9 Å². The molecule has 1 heterocycles. The first kappa shape index (κ1) is 13.2. The van der Waals surface area contributed by atoms with Crippen molar-refractivity contribution in [1.29, 1.82) is 0 Å². The molecule has 1 aromatic carbocycles. The summed E-state index contributed by atoms with van der Waals surface area (Å²) in [7, 11) is 1.53. The van der Waals surface area contributed by atoms with Crippen molar-refractivity contribution in [2.45, 2.75) is 4.90 Å². The van der Waals surface area contributed by atoms with Gasteiger partial charge in [-0.2, -0.15) is 0 Å². The Morgan fingerprint density at radius 1 is 1.44 bits per heavy atom. The largest absolute Gasteiger partial charge is 0.495 e. The molecule has 98 valence electrons. The molecule has 0 spiro atoms. The van der Waals surface area contributed by atoms with Gasteiger partial charge >= 0.3 is 0 Å². The number of hydrogen-bond donors (Lipinski definition) is 1. The molecule has 1 aliphatic rings. The Labute approximate surface area is 110 Å². The minimum Gasteiger partial charge on any atom is -0.495 e. The fraction of sp³-hybridized carbons (Fsp3) is 0.417. The molecule has 0 aliphatic carbocycles. The molecule has 0 aromatic heterocycles. The van der Waals surface area contributed by atoms with E-state index in [-0.39, 0.29) is 5.91 Å². The lowest BCUT2D eigenvalue weighted by Crippen LogP contribution is -2.40. The summed E-state index contributed by atoms with van der Waals surface area (Å²) in [5.41, 5.74) is 0.550. The average molecular weight is 269 g/mol. The van der Waals surface area contributed by atoms with E-state index >= 15 is 0 Å². The van der Waals surface area contributed by atoms with Crippen molar-refractivity contribution < 1.29 is 18.8 Å². The van der Waals surface area contributed by atoms with Gasteiger partial charge in [-0.25, -0.2) is 0 Å². The zero-order valence-electron chi connectivity index (χ0n) is 10.1. The van der Waals surface area contributed by atoms with Crippen molar-refractivity contribution in [3.05, 3.63) is 23.8 Å². The van der Waals surface area contributed by atoms with Gasteiger partial charge in [0.15, 0.2) is 0 Å². The van der Waals surface area contributed by atoms with Crippen LogP contribution in [0.2, 0.25) is 0 Å². The lowest BCUT2D eigenvalue weighted by Gasteiger charge is -2.27. The summed E-state index contributed by atoms with van der Waals surface area (Å²) in [4.78, 5) is 14.5. The zero-order valence-corrected chi connectivity index (χ0v) is 10.9. The van der Waals surface area contributed by atoms with Gasteiger partial charge in [-0.05, 0) is 18.2 Å². The number of carbonyl (C=O) groups excluding carboxylic acids is 1. The van der Waals surface area contributed by atoms with Crippen molar-refractivity contribution in [3.8, 4) is 5.75 Å². The van der Waals surface area contributed by atoms with Crippen LogP contribution in [0.5, 0.6) is 5.75 Å². The fourth-order valence-electron chi connectivity index (χ4n) is 1.83. The molecular formula is C12H15NO4S. The van der Waals surface area contributed by atoms with Gasteiger partial charge in [0.2, 0.25) is 0 Å². The Bertz CT molecular complexity index is 432. The Kier molecular flexibility index (Phi) is 4.46. The predicted octanol–water partition coefficient (Wildman–Crippen LogP) is 1.73. The summed E-state index contributed by atoms with van der Waals surface area (Å²) >= 11 is 0.578. The molecule has 0 unspecified atom stereocenters. The van der Waals surface area contributed by atoms with Gasteiger partial charge in [-0.3, -0.25) is 4.79 Å². The van der Waals surface area contributed by atoms with Gasteiger partial charge in [0.25, 0.3) is 5.91 Å². The number of hydrogen-bond acceptors (Lipinski definition) is 5. The van der Waals surface area contributed by atoms with Crippen LogP contribution in [0.15, 0.2) is 23.1 Å². The second kappa shape index (κ2) is 6.08. The number of nitrogens with zero attached hydrogens (tertiary/aromatic N) is 1. The standard InChI is InChI=1S/C12H15NO4S/c1-16-10-3-2-9(8-11(10)18-15)12(14)13-4-6-17-7-5-13/h2-3,8,15H,4-7H2,1H3. The highest BCUT2D eigenvalue weighted by atomic mass is 32.2. The van der Waals surface area contributed by atoms with E-state index in [1.807, 2.05) is 0 Å². The van der Waals surface area contributed by atoms with Crippen molar-refractivity contribution in [3.63, 3.8) is 0 Å². The monoisotopic (exact) mass is 269 g/mol. The molecule has 0 atom stereocenters. The van der Waals surface area contributed by atoms with E-state index < -0.39 is 0 Å². The van der Waals surface area contributed by atoms with Crippen LogP contribution in [0.25, 0.3) is 0 Å². The third kappa shape index (κ3) is 2.77. The number of morpholine rings is 1. The molecule has 0 saturated carbocycles. The quantitative estimate of drug-likeness (QED) is 0.847. The molecule has 1 aliphatic heterocycles. The number of rotatable bonds is 3. The van der Waals surface area contributed by atoms with Crippen LogP contribution in [0.1, 0.15) is 10.4 Å². The summed E-state index contributed by atoms with van der Waals surface area (Å²) in [6, 6.07) is 5.03. The van der Waals surface area contributed by atoms with E-state index in [1.165, 1.54) is 7.11 Å². The fourth-order valence-corrected chi connectivity index (χ4v) is 2.25. The molecule has 2 rings (SSSR count). The molecule has 1 N–H and O–H groups in total. The normalized spacial score (nSPS) is 15.6. The number of methoxy groups -OCH3 is 1. The maximum absolute atomic E-state index is 12.2. The van der Waals surface area contributed by atoms with Crippen molar-refractivity contribution in [2.24, 2.45) is 0 Å². The minimum atomic E-state index is -0.0451. The highest BCUT2D eigenvalue weighted by Gasteiger charge is 2.19. The van der Waals surface area contributed by atoms with E-state index in [4.69, 9.17) is 14.0 Å².